The van der Waals surface area contributed by atoms with Crippen LogP contribution in [0.5, 0.6) is 0 Å². The van der Waals surface area contributed by atoms with Gasteiger partial charge >= 0.3 is 0 Å². The summed E-state index contributed by atoms with van der Waals surface area (Å²) in [5.74, 6) is 1.43. The zero-order valence-corrected chi connectivity index (χ0v) is 15.7. The normalized spacial score (nSPS) is 30.2. The Labute approximate surface area is 151 Å². The molecule has 0 saturated heterocycles. The number of fused-ring (bicyclic) bond motifs is 2. The molecule has 4 atom stereocenters. The molecule has 4 rings (SSSR count). The lowest BCUT2D eigenvalue weighted by molar-refractivity contribution is -0.129. The third-order valence-corrected chi connectivity index (χ3v) is 6.77. The van der Waals surface area contributed by atoms with Crippen LogP contribution >= 0.6 is 11.3 Å². The van der Waals surface area contributed by atoms with Crippen molar-refractivity contribution in [1.82, 2.24) is 10.3 Å². The maximum absolute atomic E-state index is 12.8. The van der Waals surface area contributed by atoms with E-state index in [2.05, 4.69) is 41.5 Å². The van der Waals surface area contributed by atoms with Crippen molar-refractivity contribution >= 4 is 34.5 Å². The Morgan fingerprint density at radius 2 is 2.24 bits per heavy atom. The van der Waals surface area contributed by atoms with E-state index in [-0.39, 0.29) is 17.7 Å². The first-order valence-corrected chi connectivity index (χ1v) is 9.34. The van der Waals surface area contributed by atoms with Crippen LogP contribution in [0.4, 0.5) is 5.13 Å². The third-order valence-electron chi connectivity index (χ3n) is 6.00. The number of nitrogens with one attached hydrogen (secondary N) is 2. The molecule has 2 N–H and O–H groups in total. The van der Waals surface area contributed by atoms with E-state index < -0.39 is 0 Å². The van der Waals surface area contributed by atoms with E-state index in [1.54, 1.807) is 5.38 Å². The second-order valence-electron chi connectivity index (χ2n) is 7.46. The van der Waals surface area contributed by atoms with Gasteiger partial charge in [0, 0.05) is 11.4 Å². The number of thiazole rings is 1. The van der Waals surface area contributed by atoms with Crippen molar-refractivity contribution in [1.29, 1.82) is 0 Å². The van der Waals surface area contributed by atoms with Gasteiger partial charge in [0.25, 0.3) is 5.91 Å². The smallest absolute Gasteiger partial charge is 0.275 e. The standard InChI is InChI=1S/C17H24N4O3S/c1-9-11-5-10(17(11,2)3)6-12(9)19-15(23)14(21-24-4)13-7-25-16(20-13)18-8-22/h7-12H,5-6H2,1-4H3,(H,19,23)(H,18,20,22)/b21-14+/t9-,10+,11-,12-/m1/s1. The van der Waals surface area contributed by atoms with E-state index in [1.165, 1.54) is 24.9 Å². The zero-order valence-electron chi connectivity index (χ0n) is 14.9. The monoisotopic (exact) mass is 364 g/mol. The number of carbonyl (C=O) groups is 2. The molecular weight excluding hydrogens is 340 g/mol. The number of hydrogen-bond donors (Lipinski definition) is 2. The van der Waals surface area contributed by atoms with Crippen molar-refractivity contribution in [2.45, 2.75) is 39.7 Å². The van der Waals surface area contributed by atoms with Crippen molar-refractivity contribution < 1.29 is 14.4 Å². The van der Waals surface area contributed by atoms with Gasteiger partial charge in [-0.3, -0.25) is 9.59 Å². The fourth-order valence-corrected chi connectivity index (χ4v) is 5.03. The van der Waals surface area contributed by atoms with Crippen molar-refractivity contribution in [2.75, 3.05) is 12.4 Å². The van der Waals surface area contributed by atoms with Gasteiger partial charge in [0.05, 0.1) is 0 Å². The van der Waals surface area contributed by atoms with E-state index in [9.17, 15) is 9.59 Å². The fourth-order valence-electron chi connectivity index (χ4n) is 4.37. The summed E-state index contributed by atoms with van der Waals surface area (Å²) in [6.45, 7) is 6.87. The quantitative estimate of drug-likeness (QED) is 0.460. The topological polar surface area (TPSA) is 92.7 Å². The predicted molar refractivity (Wildman–Crippen MR) is 96.4 cm³/mol. The Balaban J connectivity index is 1.72. The Hall–Kier alpha value is -1.96. The van der Waals surface area contributed by atoms with Gasteiger partial charge in [0.15, 0.2) is 10.8 Å². The van der Waals surface area contributed by atoms with Gasteiger partial charge < -0.3 is 15.5 Å². The van der Waals surface area contributed by atoms with E-state index in [0.29, 0.717) is 40.4 Å². The summed E-state index contributed by atoms with van der Waals surface area (Å²) in [5.41, 5.74) is 0.889. The van der Waals surface area contributed by atoms with Crippen LogP contribution in [0.1, 0.15) is 39.3 Å². The summed E-state index contributed by atoms with van der Waals surface area (Å²) in [6.07, 6.45) is 2.80. The Kier molecular flexibility index (Phi) is 4.81. The summed E-state index contributed by atoms with van der Waals surface area (Å²) >= 11 is 1.23. The first-order chi connectivity index (χ1) is 11.9. The summed E-state index contributed by atoms with van der Waals surface area (Å²) < 4.78 is 0. The summed E-state index contributed by atoms with van der Waals surface area (Å²) in [7, 11) is 1.39. The lowest BCUT2D eigenvalue weighted by Gasteiger charge is -2.62. The minimum Gasteiger partial charge on any atom is -0.398 e. The molecule has 2 bridgehead atoms. The molecule has 0 aromatic carbocycles. The molecule has 0 radical (unpaired) electrons. The molecule has 0 aliphatic heterocycles. The van der Waals surface area contributed by atoms with Crippen LogP contribution in [0.3, 0.4) is 0 Å². The van der Waals surface area contributed by atoms with Crippen LogP contribution < -0.4 is 10.6 Å². The highest BCUT2D eigenvalue weighted by Gasteiger charge is 2.56. The lowest BCUT2D eigenvalue weighted by atomic mass is 9.45. The molecule has 3 aliphatic carbocycles. The Morgan fingerprint density at radius 1 is 1.48 bits per heavy atom. The maximum Gasteiger partial charge on any atom is 0.275 e. The van der Waals surface area contributed by atoms with Crippen molar-refractivity contribution in [3.05, 3.63) is 11.1 Å². The van der Waals surface area contributed by atoms with Gasteiger partial charge in [-0.15, -0.1) is 11.3 Å². The van der Waals surface area contributed by atoms with Crippen LogP contribution in [-0.4, -0.2) is 36.2 Å². The number of amides is 2. The van der Waals surface area contributed by atoms with Gasteiger partial charge in [-0.25, -0.2) is 4.98 Å². The third kappa shape index (κ3) is 3.15. The first-order valence-electron chi connectivity index (χ1n) is 8.46. The van der Waals surface area contributed by atoms with Crippen LogP contribution in [0.25, 0.3) is 0 Å². The van der Waals surface area contributed by atoms with Gasteiger partial charge in [-0.1, -0.05) is 25.9 Å². The second-order valence-corrected chi connectivity index (χ2v) is 8.32. The number of carbonyl (C=O) groups excluding carboxylic acids is 2. The van der Waals surface area contributed by atoms with Crippen LogP contribution in [0.2, 0.25) is 0 Å². The number of oxime groups is 1. The molecule has 3 saturated carbocycles. The zero-order chi connectivity index (χ0) is 18.2. The Bertz CT molecular complexity index is 700. The number of rotatable bonds is 6. The predicted octanol–water partition coefficient (Wildman–Crippen LogP) is 2.25. The maximum atomic E-state index is 12.8. The largest absolute Gasteiger partial charge is 0.398 e. The van der Waals surface area contributed by atoms with E-state index in [4.69, 9.17) is 4.84 Å². The van der Waals surface area contributed by atoms with Gasteiger partial charge in [-0.2, -0.15) is 0 Å². The molecule has 0 unspecified atom stereocenters. The molecule has 136 valence electrons. The number of nitrogens with zero attached hydrogens (tertiary/aromatic N) is 2. The number of aromatic nitrogens is 1. The summed E-state index contributed by atoms with van der Waals surface area (Å²) in [6, 6.07) is 0.137. The molecule has 3 aliphatic rings. The van der Waals surface area contributed by atoms with E-state index >= 15 is 0 Å². The number of hydrogen-bond acceptors (Lipinski definition) is 6. The van der Waals surface area contributed by atoms with Crippen LogP contribution in [-0.2, 0) is 14.4 Å². The molecule has 7 nitrogen and oxygen atoms in total. The minimum absolute atomic E-state index is 0.128. The lowest BCUT2D eigenvalue weighted by Crippen LogP contribution is -2.61. The van der Waals surface area contributed by atoms with Gasteiger partial charge in [0.1, 0.15) is 12.8 Å². The average molecular weight is 364 g/mol. The average Bonchev–Trinajstić information content (AvgIpc) is 3.02. The fraction of sp³-hybridized carbons (Fsp3) is 0.647. The summed E-state index contributed by atoms with van der Waals surface area (Å²) in [5, 5.41) is 11.5. The van der Waals surface area contributed by atoms with Crippen molar-refractivity contribution in [3.8, 4) is 0 Å². The van der Waals surface area contributed by atoms with E-state index in [0.717, 1.165) is 6.42 Å². The minimum atomic E-state index is -0.291. The summed E-state index contributed by atoms with van der Waals surface area (Å²) in [4.78, 5) is 32.3. The van der Waals surface area contributed by atoms with Crippen molar-refractivity contribution in [2.24, 2.45) is 28.3 Å². The molecule has 1 aromatic rings. The highest BCUT2D eigenvalue weighted by Crippen LogP contribution is 2.61. The number of anilines is 1. The SMILES string of the molecule is CO/N=C(/C(=O)N[C@@H]1C[C@@H]2C[C@H]([C@H]1C)C2(C)C)c1csc(NC=O)n1. The molecule has 0 spiro atoms. The molecular formula is C17H24N4O3S. The first kappa shape index (κ1) is 17.8. The molecule has 1 aromatic heterocycles. The molecule has 3 fully saturated rings. The molecule has 25 heavy (non-hydrogen) atoms. The van der Waals surface area contributed by atoms with Crippen molar-refractivity contribution in [3.63, 3.8) is 0 Å². The van der Waals surface area contributed by atoms with E-state index in [1.807, 2.05) is 0 Å². The Morgan fingerprint density at radius 3 is 2.84 bits per heavy atom. The second kappa shape index (κ2) is 6.74. The highest BCUT2D eigenvalue weighted by molar-refractivity contribution is 7.14. The van der Waals surface area contributed by atoms with Crippen LogP contribution in [0.15, 0.2) is 10.5 Å². The highest BCUT2D eigenvalue weighted by atomic mass is 32.1. The van der Waals surface area contributed by atoms with Crippen LogP contribution in [0, 0.1) is 23.2 Å². The van der Waals surface area contributed by atoms with Gasteiger partial charge in [0.2, 0.25) is 6.41 Å². The van der Waals surface area contributed by atoms with Gasteiger partial charge in [-0.05, 0) is 36.0 Å². The molecule has 8 heteroatoms. The molecule has 2 amide bonds. The molecule has 1 heterocycles.